The summed E-state index contributed by atoms with van der Waals surface area (Å²) in [5, 5.41) is 10.8. The van der Waals surface area contributed by atoms with E-state index in [1.54, 1.807) is 6.08 Å². The summed E-state index contributed by atoms with van der Waals surface area (Å²) >= 11 is 0. The fourth-order valence-electron chi connectivity index (χ4n) is 2.52. The molecule has 2 nitrogen and oxygen atoms in total. The Hall–Kier alpha value is -0.123. The van der Waals surface area contributed by atoms with Crippen LogP contribution in [0.15, 0.2) is 12.7 Å². The summed E-state index contributed by atoms with van der Waals surface area (Å²) in [6.45, 7) is 15.0. The second kappa shape index (κ2) is 6.55. The van der Waals surface area contributed by atoms with Crippen LogP contribution in [0.3, 0.4) is 0 Å². The zero-order valence-corrected chi connectivity index (χ0v) is 14.4. The first-order valence-electron chi connectivity index (χ1n) is 7.67. The summed E-state index contributed by atoms with van der Waals surface area (Å²) in [5.41, 5.74) is 0. The third-order valence-corrected chi connectivity index (χ3v) is 9.41. The first-order valence-corrected chi connectivity index (χ1v) is 10.6. The largest absolute Gasteiger partial charge is 0.408 e. The van der Waals surface area contributed by atoms with Gasteiger partial charge in [0.1, 0.15) is 0 Å². The number of aliphatic hydroxyl groups excluding tert-OH is 1. The van der Waals surface area contributed by atoms with Gasteiger partial charge in [-0.1, -0.05) is 46.1 Å². The van der Waals surface area contributed by atoms with Crippen LogP contribution in [0.25, 0.3) is 0 Å². The maximum atomic E-state index is 10.6. The van der Waals surface area contributed by atoms with E-state index in [0.717, 1.165) is 12.8 Å². The highest BCUT2D eigenvalue weighted by molar-refractivity contribution is 6.74. The van der Waals surface area contributed by atoms with Crippen LogP contribution in [0, 0.1) is 5.92 Å². The van der Waals surface area contributed by atoms with Gasteiger partial charge in [0.2, 0.25) is 0 Å². The molecule has 1 saturated carbocycles. The molecule has 0 radical (unpaired) electrons. The van der Waals surface area contributed by atoms with Crippen molar-refractivity contribution in [1.29, 1.82) is 0 Å². The van der Waals surface area contributed by atoms with Gasteiger partial charge < -0.3 is 9.53 Å². The van der Waals surface area contributed by atoms with E-state index in [1.165, 1.54) is 19.3 Å². The topological polar surface area (TPSA) is 29.5 Å². The summed E-state index contributed by atoms with van der Waals surface area (Å²) in [7, 11) is -1.85. The fourth-order valence-corrected chi connectivity index (χ4v) is 3.79. The molecule has 0 saturated heterocycles. The molecule has 0 aromatic heterocycles. The van der Waals surface area contributed by atoms with Crippen molar-refractivity contribution in [3.05, 3.63) is 12.7 Å². The highest BCUT2D eigenvalue weighted by atomic mass is 28.4. The lowest BCUT2D eigenvalue weighted by Crippen LogP contribution is -2.48. The van der Waals surface area contributed by atoms with Crippen LogP contribution >= 0.6 is 0 Å². The Balaban J connectivity index is 2.69. The van der Waals surface area contributed by atoms with Crippen LogP contribution in [-0.4, -0.2) is 25.6 Å². The molecule has 0 heterocycles. The molecule has 1 N–H and O–H groups in total. The fraction of sp³-hybridized carbons (Fsp3) is 0.875. The zero-order chi connectivity index (χ0) is 14.7. The van der Waals surface area contributed by atoms with Crippen LogP contribution in [0.1, 0.15) is 52.9 Å². The van der Waals surface area contributed by atoms with Crippen molar-refractivity contribution in [3.63, 3.8) is 0 Å². The van der Waals surface area contributed by atoms with Gasteiger partial charge in [-0.2, -0.15) is 0 Å². The van der Waals surface area contributed by atoms with Gasteiger partial charge in [0.05, 0.1) is 12.2 Å². The first kappa shape index (κ1) is 16.9. The third kappa shape index (κ3) is 4.43. The summed E-state index contributed by atoms with van der Waals surface area (Å²) in [6.07, 6.45) is 7.27. The zero-order valence-electron chi connectivity index (χ0n) is 13.4. The molecule has 1 aliphatic rings. The predicted molar refractivity (Wildman–Crippen MR) is 84.8 cm³/mol. The van der Waals surface area contributed by atoms with Crippen LogP contribution in [0.4, 0.5) is 0 Å². The SMILES string of the molecule is C=C[C@H](O[Si](C)(C)C(C)(C)C)[C@H](O)C1CCCCC1. The van der Waals surface area contributed by atoms with Crippen molar-refractivity contribution in [1.82, 2.24) is 0 Å². The molecule has 0 aromatic rings. The van der Waals surface area contributed by atoms with E-state index in [0.29, 0.717) is 5.92 Å². The van der Waals surface area contributed by atoms with E-state index < -0.39 is 8.32 Å². The van der Waals surface area contributed by atoms with E-state index in [4.69, 9.17) is 4.43 Å². The van der Waals surface area contributed by atoms with E-state index in [-0.39, 0.29) is 17.2 Å². The standard InChI is InChI=1S/C16H32O2Si/c1-7-14(18-19(5,6)16(2,3)4)15(17)13-11-9-8-10-12-13/h7,13-15,17H,1,8-12H2,2-6H3/t14-,15+/m0/s1. The van der Waals surface area contributed by atoms with Gasteiger partial charge in [0.15, 0.2) is 8.32 Å². The van der Waals surface area contributed by atoms with Gasteiger partial charge >= 0.3 is 0 Å². The van der Waals surface area contributed by atoms with Gasteiger partial charge in [-0.25, -0.2) is 0 Å². The summed E-state index contributed by atoms with van der Waals surface area (Å²) < 4.78 is 6.34. The Morgan fingerprint density at radius 2 is 1.74 bits per heavy atom. The molecule has 1 rings (SSSR count). The molecular weight excluding hydrogens is 252 g/mol. The molecule has 0 spiro atoms. The second-order valence-electron chi connectivity index (χ2n) is 7.47. The summed E-state index contributed by atoms with van der Waals surface area (Å²) in [5.74, 6) is 0.390. The van der Waals surface area contributed by atoms with Gasteiger partial charge in [0, 0.05) is 0 Å². The van der Waals surface area contributed by atoms with Crippen LogP contribution in [0.5, 0.6) is 0 Å². The molecule has 0 aliphatic heterocycles. The Bertz CT molecular complexity index is 288. The number of aliphatic hydroxyl groups is 1. The quantitative estimate of drug-likeness (QED) is 0.595. The predicted octanol–water partition coefficient (Wildman–Crippen LogP) is 4.50. The monoisotopic (exact) mass is 284 g/mol. The van der Waals surface area contributed by atoms with Crippen LogP contribution in [-0.2, 0) is 4.43 Å². The Labute approximate surface area is 120 Å². The first-order chi connectivity index (χ1) is 8.69. The Kier molecular flexibility index (Phi) is 5.84. The minimum atomic E-state index is -1.85. The molecule has 19 heavy (non-hydrogen) atoms. The lowest BCUT2D eigenvalue weighted by Gasteiger charge is -2.41. The van der Waals surface area contributed by atoms with E-state index >= 15 is 0 Å². The smallest absolute Gasteiger partial charge is 0.193 e. The average molecular weight is 285 g/mol. The molecule has 0 unspecified atom stereocenters. The lowest BCUT2D eigenvalue weighted by molar-refractivity contribution is 0.00215. The Morgan fingerprint density at radius 1 is 1.21 bits per heavy atom. The van der Waals surface area contributed by atoms with Crippen molar-refractivity contribution in [2.24, 2.45) is 5.92 Å². The number of hydrogen-bond donors (Lipinski definition) is 1. The van der Waals surface area contributed by atoms with E-state index in [2.05, 4.69) is 40.4 Å². The average Bonchev–Trinajstić information content (AvgIpc) is 2.35. The van der Waals surface area contributed by atoms with Gasteiger partial charge in [0.25, 0.3) is 0 Å². The second-order valence-corrected chi connectivity index (χ2v) is 12.2. The minimum Gasteiger partial charge on any atom is -0.408 e. The van der Waals surface area contributed by atoms with Crippen LogP contribution in [0.2, 0.25) is 18.1 Å². The van der Waals surface area contributed by atoms with Crippen molar-refractivity contribution < 1.29 is 9.53 Å². The van der Waals surface area contributed by atoms with Crippen LogP contribution < -0.4 is 0 Å². The highest BCUT2D eigenvalue weighted by Crippen LogP contribution is 2.39. The lowest BCUT2D eigenvalue weighted by atomic mass is 9.83. The third-order valence-electron chi connectivity index (χ3n) is 4.94. The normalized spacial score (nSPS) is 22.0. The summed E-state index contributed by atoms with van der Waals surface area (Å²) in [4.78, 5) is 0. The van der Waals surface area contributed by atoms with Crippen molar-refractivity contribution in [2.75, 3.05) is 0 Å². The number of hydrogen-bond acceptors (Lipinski definition) is 2. The minimum absolute atomic E-state index is 0.167. The molecule has 0 aromatic carbocycles. The molecule has 0 bridgehead atoms. The molecule has 1 aliphatic carbocycles. The summed E-state index contributed by atoms with van der Waals surface area (Å²) in [6, 6.07) is 0. The van der Waals surface area contributed by atoms with Crippen molar-refractivity contribution in [2.45, 2.75) is 83.2 Å². The van der Waals surface area contributed by atoms with E-state index in [9.17, 15) is 5.11 Å². The van der Waals surface area contributed by atoms with E-state index in [1.807, 2.05) is 0 Å². The van der Waals surface area contributed by atoms with Gasteiger partial charge in [-0.3, -0.25) is 0 Å². The van der Waals surface area contributed by atoms with Gasteiger partial charge in [-0.05, 0) is 36.9 Å². The Morgan fingerprint density at radius 3 is 2.16 bits per heavy atom. The van der Waals surface area contributed by atoms with Crippen molar-refractivity contribution >= 4 is 8.32 Å². The molecule has 112 valence electrons. The van der Waals surface area contributed by atoms with Crippen molar-refractivity contribution in [3.8, 4) is 0 Å². The molecule has 3 heteroatoms. The maximum absolute atomic E-state index is 10.6. The maximum Gasteiger partial charge on any atom is 0.193 e. The molecular formula is C16H32O2Si. The highest BCUT2D eigenvalue weighted by Gasteiger charge is 2.41. The number of rotatable bonds is 5. The van der Waals surface area contributed by atoms with Gasteiger partial charge in [-0.15, -0.1) is 6.58 Å². The molecule has 2 atom stereocenters. The molecule has 0 amide bonds. The molecule has 1 fully saturated rings.